The van der Waals surface area contributed by atoms with E-state index in [1.54, 1.807) is 6.26 Å². The molecule has 1 saturated heterocycles. The average Bonchev–Trinajstić information content (AvgIpc) is 2.72. The predicted octanol–water partition coefficient (Wildman–Crippen LogP) is 3.80. The second-order valence-electron chi connectivity index (χ2n) is 4.88. The summed E-state index contributed by atoms with van der Waals surface area (Å²) in [5, 5.41) is 5.18. The number of hydrogen-bond donors (Lipinski definition) is 1. The summed E-state index contributed by atoms with van der Waals surface area (Å²) in [5.74, 6) is 1.21. The fourth-order valence-corrected chi connectivity index (χ4v) is 3.01. The number of rotatable bonds is 1. The number of para-hydroxylation sites is 1. The monoisotopic (exact) mass is 249 g/mol. The minimum atomic E-state index is 0.571. The fraction of sp³-hybridized carbons (Fsp3) is 0.429. The van der Waals surface area contributed by atoms with Crippen LogP contribution in [-0.2, 0) is 0 Å². The van der Waals surface area contributed by atoms with Crippen LogP contribution in [0.15, 0.2) is 28.9 Å². The first-order valence-corrected chi connectivity index (χ1v) is 6.51. The SMILES string of the molecule is CC1CNCCC1c1cccc2c(Cl)coc12. The lowest BCUT2D eigenvalue weighted by atomic mass is 9.82. The van der Waals surface area contributed by atoms with E-state index in [2.05, 4.69) is 24.4 Å². The summed E-state index contributed by atoms with van der Waals surface area (Å²) in [6, 6.07) is 6.28. The van der Waals surface area contributed by atoms with Crippen molar-refractivity contribution in [2.24, 2.45) is 5.92 Å². The van der Waals surface area contributed by atoms with Gasteiger partial charge in [0.25, 0.3) is 0 Å². The minimum Gasteiger partial charge on any atom is -0.462 e. The van der Waals surface area contributed by atoms with Crippen LogP contribution in [0.4, 0.5) is 0 Å². The molecule has 1 N–H and O–H groups in total. The zero-order chi connectivity index (χ0) is 11.8. The van der Waals surface area contributed by atoms with Crippen molar-refractivity contribution in [1.82, 2.24) is 5.32 Å². The molecule has 3 heteroatoms. The van der Waals surface area contributed by atoms with Crippen molar-refractivity contribution in [3.63, 3.8) is 0 Å². The van der Waals surface area contributed by atoms with E-state index in [0.29, 0.717) is 16.9 Å². The first-order valence-electron chi connectivity index (χ1n) is 6.13. The third kappa shape index (κ3) is 1.85. The van der Waals surface area contributed by atoms with Gasteiger partial charge in [0.1, 0.15) is 11.8 Å². The van der Waals surface area contributed by atoms with Crippen molar-refractivity contribution in [2.45, 2.75) is 19.3 Å². The standard InChI is InChI=1S/C14H16ClNO/c1-9-7-16-6-5-10(9)11-3-2-4-12-13(15)8-17-14(11)12/h2-4,8-10,16H,5-7H2,1H3. The lowest BCUT2D eigenvalue weighted by molar-refractivity contribution is 0.349. The Morgan fingerprint density at radius 3 is 3.12 bits per heavy atom. The molecule has 0 spiro atoms. The maximum atomic E-state index is 6.11. The molecule has 0 saturated carbocycles. The van der Waals surface area contributed by atoms with Gasteiger partial charge in [0.05, 0.1) is 5.02 Å². The Morgan fingerprint density at radius 1 is 1.41 bits per heavy atom. The molecular formula is C14H16ClNO. The zero-order valence-corrected chi connectivity index (χ0v) is 10.6. The number of benzene rings is 1. The Morgan fingerprint density at radius 2 is 2.29 bits per heavy atom. The van der Waals surface area contributed by atoms with E-state index in [0.717, 1.165) is 24.1 Å². The molecule has 0 bridgehead atoms. The van der Waals surface area contributed by atoms with Crippen molar-refractivity contribution < 1.29 is 4.42 Å². The van der Waals surface area contributed by atoms with Gasteiger partial charge in [0.15, 0.2) is 0 Å². The van der Waals surface area contributed by atoms with E-state index in [-0.39, 0.29) is 0 Å². The molecule has 17 heavy (non-hydrogen) atoms. The van der Waals surface area contributed by atoms with E-state index in [1.807, 2.05) is 6.07 Å². The van der Waals surface area contributed by atoms with E-state index in [4.69, 9.17) is 16.0 Å². The van der Waals surface area contributed by atoms with E-state index < -0.39 is 0 Å². The van der Waals surface area contributed by atoms with E-state index in [1.165, 1.54) is 12.0 Å². The van der Waals surface area contributed by atoms with E-state index >= 15 is 0 Å². The Hall–Kier alpha value is -0.990. The molecule has 2 heterocycles. The summed E-state index contributed by atoms with van der Waals surface area (Å²) >= 11 is 6.11. The zero-order valence-electron chi connectivity index (χ0n) is 9.87. The lowest BCUT2D eigenvalue weighted by Crippen LogP contribution is -2.33. The number of hydrogen-bond acceptors (Lipinski definition) is 2. The summed E-state index contributed by atoms with van der Waals surface area (Å²) in [5.41, 5.74) is 2.28. The molecule has 0 aliphatic carbocycles. The van der Waals surface area contributed by atoms with Crippen LogP contribution in [-0.4, -0.2) is 13.1 Å². The van der Waals surface area contributed by atoms with Crippen LogP contribution in [0, 0.1) is 5.92 Å². The first kappa shape index (κ1) is 11.1. The highest BCUT2D eigenvalue weighted by Crippen LogP contribution is 2.37. The van der Waals surface area contributed by atoms with Gasteiger partial charge in [-0.2, -0.15) is 0 Å². The second-order valence-corrected chi connectivity index (χ2v) is 5.29. The van der Waals surface area contributed by atoms with Gasteiger partial charge in [-0.1, -0.05) is 30.7 Å². The van der Waals surface area contributed by atoms with Gasteiger partial charge in [-0.15, -0.1) is 0 Å². The number of piperidine rings is 1. The molecule has 1 aliphatic heterocycles. The van der Waals surface area contributed by atoms with Crippen LogP contribution in [0.5, 0.6) is 0 Å². The molecule has 0 radical (unpaired) electrons. The summed E-state index contributed by atoms with van der Waals surface area (Å²) in [6.07, 6.45) is 2.81. The Labute approximate surface area is 106 Å². The molecule has 1 aromatic heterocycles. The predicted molar refractivity (Wildman–Crippen MR) is 70.6 cm³/mol. The highest BCUT2D eigenvalue weighted by molar-refractivity contribution is 6.35. The summed E-state index contributed by atoms with van der Waals surface area (Å²) in [6.45, 7) is 4.45. The lowest BCUT2D eigenvalue weighted by Gasteiger charge is -2.29. The van der Waals surface area contributed by atoms with Crippen LogP contribution in [0.1, 0.15) is 24.8 Å². The third-order valence-electron chi connectivity index (χ3n) is 3.77. The molecule has 2 aromatic rings. The highest BCUT2D eigenvalue weighted by Gasteiger charge is 2.25. The maximum Gasteiger partial charge on any atom is 0.138 e. The van der Waals surface area contributed by atoms with Gasteiger partial charge in [-0.25, -0.2) is 0 Å². The van der Waals surface area contributed by atoms with Gasteiger partial charge >= 0.3 is 0 Å². The molecule has 2 nitrogen and oxygen atoms in total. The summed E-state index contributed by atoms with van der Waals surface area (Å²) in [4.78, 5) is 0. The quantitative estimate of drug-likeness (QED) is 0.832. The molecule has 2 atom stereocenters. The summed E-state index contributed by atoms with van der Waals surface area (Å²) in [7, 11) is 0. The topological polar surface area (TPSA) is 25.2 Å². The Bertz CT molecular complexity index is 534. The van der Waals surface area contributed by atoms with Crippen LogP contribution in [0.2, 0.25) is 5.02 Å². The maximum absolute atomic E-state index is 6.11. The normalized spacial score (nSPS) is 25.3. The molecular weight excluding hydrogens is 234 g/mol. The van der Waals surface area contributed by atoms with E-state index in [9.17, 15) is 0 Å². The van der Waals surface area contributed by atoms with Crippen molar-refractivity contribution in [1.29, 1.82) is 0 Å². The Balaban J connectivity index is 2.10. The molecule has 2 unspecified atom stereocenters. The molecule has 3 rings (SSSR count). The average molecular weight is 250 g/mol. The van der Waals surface area contributed by atoms with Gasteiger partial charge in [0, 0.05) is 5.39 Å². The van der Waals surface area contributed by atoms with Crippen molar-refractivity contribution in [3.8, 4) is 0 Å². The highest BCUT2D eigenvalue weighted by atomic mass is 35.5. The largest absolute Gasteiger partial charge is 0.462 e. The van der Waals surface area contributed by atoms with Crippen molar-refractivity contribution in [2.75, 3.05) is 13.1 Å². The number of halogens is 1. The van der Waals surface area contributed by atoms with Gasteiger partial charge in [0.2, 0.25) is 0 Å². The third-order valence-corrected chi connectivity index (χ3v) is 4.06. The molecule has 1 aromatic carbocycles. The van der Waals surface area contributed by atoms with Crippen molar-refractivity contribution >= 4 is 22.6 Å². The molecule has 1 aliphatic rings. The van der Waals surface area contributed by atoms with Crippen LogP contribution in [0.3, 0.4) is 0 Å². The smallest absolute Gasteiger partial charge is 0.138 e. The van der Waals surface area contributed by atoms with Crippen LogP contribution >= 0.6 is 11.6 Å². The number of furan rings is 1. The van der Waals surface area contributed by atoms with Crippen LogP contribution in [0.25, 0.3) is 11.0 Å². The van der Waals surface area contributed by atoms with Gasteiger partial charge in [-0.3, -0.25) is 0 Å². The molecule has 1 fully saturated rings. The number of fused-ring (bicyclic) bond motifs is 1. The fourth-order valence-electron chi connectivity index (χ4n) is 2.82. The Kier molecular flexibility index (Phi) is 2.85. The van der Waals surface area contributed by atoms with Crippen molar-refractivity contribution in [3.05, 3.63) is 35.0 Å². The minimum absolute atomic E-state index is 0.571. The van der Waals surface area contributed by atoms with Gasteiger partial charge in [-0.05, 0) is 43.0 Å². The summed E-state index contributed by atoms with van der Waals surface area (Å²) < 4.78 is 5.63. The molecule has 90 valence electrons. The first-order chi connectivity index (χ1) is 8.27. The second kappa shape index (κ2) is 4.35. The number of nitrogens with one attached hydrogen (secondary N) is 1. The molecule has 0 amide bonds. The van der Waals surface area contributed by atoms with Crippen LogP contribution < -0.4 is 5.32 Å². The van der Waals surface area contributed by atoms with Gasteiger partial charge < -0.3 is 9.73 Å².